The van der Waals surface area contributed by atoms with Crippen molar-refractivity contribution in [3.8, 4) is 0 Å². The highest BCUT2D eigenvalue weighted by Gasteiger charge is 2.26. The molecular weight excluding hydrogens is 310 g/mol. The molecule has 2 heterocycles. The fourth-order valence-corrected chi connectivity index (χ4v) is 3.24. The molecule has 0 radical (unpaired) electrons. The molecule has 2 aromatic rings. The van der Waals surface area contributed by atoms with Crippen molar-refractivity contribution in [1.29, 1.82) is 0 Å². The van der Waals surface area contributed by atoms with Gasteiger partial charge in [0.1, 0.15) is 5.69 Å². The van der Waals surface area contributed by atoms with Crippen LogP contribution in [0, 0.1) is 0 Å². The van der Waals surface area contributed by atoms with E-state index in [9.17, 15) is 4.79 Å². The second-order valence-corrected chi connectivity index (χ2v) is 6.69. The third-order valence-electron chi connectivity index (χ3n) is 4.31. The molecular formula is C18H22ClN3O. The Kier molecular flexibility index (Phi) is 4.44. The molecule has 0 unspecified atom stereocenters. The topological polar surface area (TPSA) is 38.1 Å². The number of hydrogen-bond acceptors (Lipinski definition) is 2. The number of anilines is 1. The Morgan fingerprint density at radius 1 is 1.35 bits per heavy atom. The monoisotopic (exact) mass is 331 g/mol. The zero-order chi connectivity index (χ0) is 16.6. The van der Waals surface area contributed by atoms with Crippen LogP contribution in [0.2, 0.25) is 5.02 Å². The van der Waals surface area contributed by atoms with E-state index in [0.717, 1.165) is 41.4 Å². The SMILES string of the molecule is CCn1nc(C(C)C)cc1C(=O)N1CCCc2cc(Cl)ccc21. The second-order valence-electron chi connectivity index (χ2n) is 6.26. The lowest BCUT2D eigenvalue weighted by atomic mass is 10.0. The van der Waals surface area contributed by atoms with Crippen LogP contribution in [0.5, 0.6) is 0 Å². The van der Waals surface area contributed by atoms with Crippen LogP contribution in [0.4, 0.5) is 5.69 Å². The molecule has 0 aliphatic carbocycles. The second kappa shape index (κ2) is 6.36. The van der Waals surface area contributed by atoms with Crippen LogP contribution in [-0.2, 0) is 13.0 Å². The minimum Gasteiger partial charge on any atom is -0.307 e. The molecule has 0 saturated carbocycles. The minimum atomic E-state index is 0.0227. The van der Waals surface area contributed by atoms with Crippen molar-refractivity contribution in [2.24, 2.45) is 0 Å². The lowest BCUT2D eigenvalue weighted by Crippen LogP contribution is -2.36. The maximum Gasteiger partial charge on any atom is 0.276 e. The number of carbonyl (C=O) groups excluding carboxylic acids is 1. The predicted octanol–water partition coefficient (Wildman–Crippen LogP) is 4.27. The van der Waals surface area contributed by atoms with E-state index in [2.05, 4.69) is 18.9 Å². The highest BCUT2D eigenvalue weighted by atomic mass is 35.5. The van der Waals surface area contributed by atoms with Gasteiger partial charge in [0.25, 0.3) is 5.91 Å². The third-order valence-corrected chi connectivity index (χ3v) is 4.55. The van der Waals surface area contributed by atoms with E-state index in [0.29, 0.717) is 18.2 Å². The van der Waals surface area contributed by atoms with E-state index in [1.165, 1.54) is 0 Å². The largest absolute Gasteiger partial charge is 0.307 e. The van der Waals surface area contributed by atoms with Crippen LogP contribution < -0.4 is 4.90 Å². The maximum absolute atomic E-state index is 13.1. The van der Waals surface area contributed by atoms with Gasteiger partial charge in [-0.3, -0.25) is 9.48 Å². The minimum absolute atomic E-state index is 0.0227. The van der Waals surface area contributed by atoms with Gasteiger partial charge in [-0.05, 0) is 55.5 Å². The summed E-state index contributed by atoms with van der Waals surface area (Å²) in [6.07, 6.45) is 1.92. The molecule has 0 spiro atoms. The Bertz CT molecular complexity index is 736. The maximum atomic E-state index is 13.1. The summed E-state index contributed by atoms with van der Waals surface area (Å²) < 4.78 is 1.81. The molecule has 1 aliphatic heterocycles. The number of aromatic nitrogens is 2. The van der Waals surface area contributed by atoms with E-state index in [1.807, 2.05) is 40.8 Å². The van der Waals surface area contributed by atoms with Gasteiger partial charge in [-0.1, -0.05) is 25.4 Å². The van der Waals surface area contributed by atoms with Crippen molar-refractivity contribution in [2.75, 3.05) is 11.4 Å². The summed E-state index contributed by atoms with van der Waals surface area (Å²) in [6.45, 7) is 7.62. The van der Waals surface area contributed by atoms with Gasteiger partial charge in [0.2, 0.25) is 0 Å². The van der Waals surface area contributed by atoms with Crippen LogP contribution in [0.25, 0.3) is 0 Å². The fraction of sp³-hybridized carbons (Fsp3) is 0.444. The zero-order valence-corrected chi connectivity index (χ0v) is 14.6. The number of aryl methyl sites for hydroxylation is 2. The summed E-state index contributed by atoms with van der Waals surface area (Å²) in [5.74, 6) is 0.330. The summed E-state index contributed by atoms with van der Waals surface area (Å²) in [5, 5.41) is 5.28. The number of carbonyl (C=O) groups is 1. The Hall–Kier alpha value is -1.81. The van der Waals surface area contributed by atoms with Crippen LogP contribution in [0.3, 0.4) is 0 Å². The molecule has 0 bridgehead atoms. The van der Waals surface area contributed by atoms with Crippen molar-refractivity contribution in [3.05, 3.63) is 46.2 Å². The molecule has 4 nitrogen and oxygen atoms in total. The average molecular weight is 332 g/mol. The molecule has 1 amide bonds. The predicted molar refractivity (Wildman–Crippen MR) is 93.4 cm³/mol. The van der Waals surface area contributed by atoms with Crippen molar-refractivity contribution in [2.45, 2.75) is 46.1 Å². The van der Waals surface area contributed by atoms with Crippen LogP contribution in [0.15, 0.2) is 24.3 Å². The van der Waals surface area contributed by atoms with Crippen molar-refractivity contribution in [3.63, 3.8) is 0 Å². The summed E-state index contributed by atoms with van der Waals surface area (Å²) in [4.78, 5) is 15.0. The number of hydrogen-bond donors (Lipinski definition) is 0. The van der Waals surface area contributed by atoms with Crippen LogP contribution in [-0.4, -0.2) is 22.2 Å². The molecule has 3 rings (SSSR count). The zero-order valence-electron chi connectivity index (χ0n) is 13.8. The van der Waals surface area contributed by atoms with Crippen molar-refractivity contribution >= 4 is 23.2 Å². The van der Waals surface area contributed by atoms with Crippen LogP contribution in [0.1, 0.15) is 54.9 Å². The fourth-order valence-electron chi connectivity index (χ4n) is 3.05. The molecule has 23 heavy (non-hydrogen) atoms. The highest BCUT2D eigenvalue weighted by molar-refractivity contribution is 6.30. The number of halogens is 1. The Labute approximate surface area is 142 Å². The average Bonchev–Trinajstić information content (AvgIpc) is 2.98. The van der Waals surface area contributed by atoms with E-state index in [4.69, 9.17) is 11.6 Å². The lowest BCUT2D eigenvalue weighted by Gasteiger charge is -2.29. The number of benzene rings is 1. The first-order valence-electron chi connectivity index (χ1n) is 8.19. The van der Waals surface area contributed by atoms with Gasteiger partial charge in [0.05, 0.1) is 5.69 Å². The summed E-state index contributed by atoms with van der Waals surface area (Å²) in [7, 11) is 0. The lowest BCUT2D eigenvalue weighted by molar-refractivity contribution is 0.0975. The van der Waals surface area contributed by atoms with E-state index in [1.54, 1.807) is 0 Å². The molecule has 122 valence electrons. The quantitative estimate of drug-likeness (QED) is 0.842. The molecule has 1 aromatic heterocycles. The number of rotatable bonds is 3. The first-order chi connectivity index (χ1) is 11.0. The number of nitrogens with zero attached hydrogens (tertiary/aromatic N) is 3. The highest BCUT2D eigenvalue weighted by Crippen LogP contribution is 2.31. The summed E-state index contributed by atoms with van der Waals surface area (Å²) in [5.41, 5.74) is 3.74. The standard InChI is InChI=1S/C18H22ClN3O/c1-4-22-17(11-15(20-22)12(2)3)18(23)21-9-5-6-13-10-14(19)7-8-16(13)21/h7-8,10-12H,4-6,9H2,1-3H3. The molecule has 0 atom stereocenters. The normalized spacial score (nSPS) is 14.2. The molecule has 1 aliphatic rings. The van der Waals surface area contributed by atoms with Gasteiger partial charge < -0.3 is 4.90 Å². The van der Waals surface area contributed by atoms with Gasteiger partial charge in [-0.15, -0.1) is 0 Å². The Morgan fingerprint density at radius 3 is 2.83 bits per heavy atom. The molecule has 5 heteroatoms. The molecule has 1 aromatic carbocycles. The van der Waals surface area contributed by atoms with Gasteiger partial charge >= 0.3 is 0 Å². The first kappa shape index (κ1) is 16.1. The van der Waals surface area contributed by atoms with E-state index < -0.39 is 0 Å². The smallest absolute Gasteiger partial charge is 0.276 e. The van der Waals surface area contributed by atoms with Gasteiger partial charge in [-0.25, -0.2) is 0 Å². The molecule has 0 saturated heterocycles. The summed E-state index contributed by atoms with van der Waals surface area (Å²) in [6, 6.07) is 7.70. The molecule has 0 fully saturated rings. The van der Waals surface area contributed by atoms with Crippen molar-refractivity contribution in [1.82, 2.24) is 9.78 Å². The van der Waals surface area contributed by atoms with E-state index >= 15 is 0 Å². The molecule has 0 N–H and O–H groups in total. The van der Waals surface area contributed by atoms with Gasteiger partial charge in [0.15, 0.2) is 0 Å². The van der Waals surface area contributed by atoms with E-state index in [-0.39, 0.29) is 5.91 Å². The third kappa shape index (κ3) is 3.00. The number of fused-ring (bicyclic) bond motifs is 1. The first-order valence-corrected chi connectivity index (χ1v) is 8.57. The van der Waals surface area contributed by atoms with Crippen LogP contribution >= 0.6 is 11.6 Å². The van der Waals surface area contributed by atoms with Gasteiger partial charge in [0, 0.05) is 23.8 Å². The number of amides is 1. The Balaban J connectivity index is 1.99. The van der Waals surface area contributed by atoms with Gasteiger partial charge in [-0.2, -0.15) is 5.10 Å². The van der Waals surface area contributed by atoms with Crippen molar-refractivity contribution < 1.29 is 4.79 Å². The Morgan fingerprint density at radius 2 is 2.13 bits per heavy atom. The summed E-state index contributed by atoms with van der Waals surface area (Å²) >= 11 is 6.09.